The van der Waals surface area contributed by atoms with Crippen LogP contribution in [0.2, 0.25) is 0 Å². The second-order valence-electron chi connectivity index (χ2n) is 5.91. The molecule has 2 aliphatic heterocycles. The number of piperidine rings is 1. The predicted octanol–water partition coefficient (Wildman–Crippen LogP) is 2.72. The fourth-order valence-electron chi connectivity index (χ4n) is 2.64. The second kappa shape index (κ2) is 6.29. The smallest absolute Gasteiger partial charge is 0.157 e. The average molecular weight is 269 g/mol. The topological polar surface area (TPSA) is 27.6 Å². The van der Waals surface area contributed by atoms with Gasteiger partial charge in [0.15, 0.2) is 5.17 Å². The molecule has 0 spiro atoms. The Balaban J connectivity index is 1.88. The Labute approximate surface area is 116 Å². The molecule has 2 atom stereocenters. The van der Waals surface area contributed by atoms with Crippen molar-refractivity contribution in [1.29, 1.82) is 0 Å². The SMILES string of the molecule is CCC1(C)CCSC(=NCC2CCCCN2C)N1. The van der Waals surface area contributed by atoms with Crippen molar-refractivity contribution < 1.29 is 0 Å². The van der Waals surface area contributed by atoms with Crippen LogP contribution >= 0.6 is 11.8 Å². The number of likely N-dealkylation sites (N-methyl/N-ethyl adjacent to an activating group) is 1. The Hall–Kier alpha value is -0.220. The zero-order chi connectivity index (χ0) is 13.0. The lowest BCUT2D eigenvalue weighted by Gasteiger charge is -2.36. The van der Waals surface area contributed by atoms with E-state index in [9.17, 15) is 0 Å². The first kappa shape index (κ1) is 14.2. The predicted molar refractivity (Wildman–Crippen MR) is 81.5 cm³/mol. The quantitative estimate of drug-likeness (QED) is 0.854. The van der Waals surface area contributed by atoms with E-state index >= 15 is 0 Å². The molecule has 2 fully saturated rings. The fraction of sp³-hybridized carbons (Fsp3) is 0.929. The molecule has 2 aliphatic rings. The van der Waals surface area contributed by atoms with Gasteiger partial charge in [-0.25, -0.2) is 0 Å². The summed E-state index contributed by atoms with van der Waals surface area (Å²) in [6, 6.07) is 0.656. The number of aliphatic imine (C=N–C) groups is 1. The van der Waals surface area contributed by atoms with Crippen molar-refractivity contribution in [3.8, 4) is 0 Å². The molecule has 0 aliphatic carbocycles. The van der Waals surface area contributed by atoms with Crippen molar-refractivity contribution in [2.45, 2.75) is 57.5 Å². The van der Waals surface area contributed by atoms with Gasteiger partial charge in [-0.2, -0.15) is 0 Å². The fourth-order valence-corrected chi connectivity index (χ4v) is 3.87. The summed E-state index contributed by atoms with van der Waals surface area (Å²) < 4.78 is 0. The van der Waals surface area contributed by atoms with Gasteiger partial charge in [0, 0.05) is 17.3 Å². The second-order valence-corrected chi connectivity index (χ2v) is 7.00. The maximum absolute atomic E-state index is 4.83. The number of likely N-dealkylation sites (tertiary alicyclic amines) is 1. The van der Waals surface area contributed by atoms with E-state index in [1.807, 2.05) is 11.8 Å². The van der Waals surface area contributed by atoms with Gasteiger partial charge in [0.05, 0.1) is 6.54 Å². The number of hydrogen-bond acceptors (Lipinski definition) is 3. The van der Waals surface area contributed by atoms with E-state index in [0.717, 1.165) is 6.54 Å². The first-order valence-electron chi connectivity index (χ1n) is 7.28. The molecule has 0 aromatic rings. The molecule has 3 nitrogen and oxygen atoms in total. The minimum absolute atomic E-state index is 0.266. The first-order valence-corrected chi connectivity index (χ1v) is 8.27. The molecule has 0 aromatic carbocycles. The standard InChI is InChI=1S/C14H27N3S/c1-4-14(2)8-10-18-13(16-14)15-11-12-7-5-6-9-17(12)3/h12H,4-11H2,1-3H3,(H,15,16). The summed E-state index contributed by atoms with van der Waals surface area (Å²) in [5.74, 6) is 1.21. The first-order chi connectivity index (χ1) is 8.63. The number of nitrogens with zero attached hydrogens (tertiary/aromatic N) is 2. The maximum atomic E-state index is 4.83. The highest BCUT2D eigenvalue weighted by Gasteiger charge is 2.27. The van der Waals surface area contributed by atoms with Crippen LogP contribution in [0.4, 0.5) is 0 Å². The van der Waals surface area contributed by atoms with Gasteiger partial charge in [-0.05, 0) is 46.2 Å². The molecule has 2 saturated heterocycles. The van der Waals surface area contributed by atoms with Gasteiger partial charge in [0.1, 0.15) is 0 Å². The van der Waals surface area contributed by atoms with Crippen LogP contribution in [-0.2, 0) is 0 Å². The lowest BCUT2D eigenvalue weighted by Crippen LogP contribution is -2.48. The molecule has 4 heteroatoms. The zero-order valence-corrected chi connectivity index (χ0v) is 12.9. The summed E-state index contributed by atoms with van der Waals surface area (Å²) in [7, 11) is 2.24. The number of amidine groups is 1. The third-order valence-corrected chi connectivity index (χ3v) is 5.36. The highest BCUT2D eigenvalue weighted by molar-refractivity contribution is 8.13. The van der Waals surface area contributed by atoms with Gasteiger partial charge in [-0.15, -0.1) is 0 Å². The minimum Gasteiger partial charge on any atom is -0.360 e. The van der Waals surface area contributed by atoms with Crippen LogP contribution in [-0.4, -0.2) is 47.5 Å². The van der Waals surface area contributed by atoms with E-state index in [2.05, 4.69) is 31.1 Å². The van der Waals surface area contributed by atoms with E-state index in [0.29, 0.717) is 6.04 Å². The van der Waals surface area contributed by atoms with Crippen molar-refractivity contribution in [2.24, 2.45) is 4.99 Å². The molecule has 0 saturated carbocycles. The molecule has 0 bridgehead atoms. The summed E-state index contributed by atoms with van der Waals surface area (Å²) in [4.78, 5) is 7.30. The summed E-state index contributed by atoms with van der Waals surface area (Å²) in [6.07, 6.45) is 6.45. The average Bonchev–Trinajstić information content (AvgIpc) is 2.38. The summed E-state index contributed by atoms with van der Waals surface area (Å²) in [5.41, 5.74) is 0.266. The van der Waals surface area contributed by atoms with Crippen LogP contribution in [0.5, 0.6) is 0 Å². The Bertz CT molecular complexity index is 305. The molecule has 2 rings (SSSR count). The van der Waals surface area contributed by atoms with Crippen LogP contribution in [0.3, 0.4) is 0 Å². The third-order valence-electron chi connectivity index (χ3n) is 4.45. The van der Waals surface area contributed by atoms with E-state index in [1.165, 1.54) is 49.6 Å². The molecular formula is C14H27N3S. The van der Waals surface area contributed by atoms with Crippen LogP contribution in [0.25, 0.3) is 0 Å². The molecule has 1 N–H and O–H groups in total. The monoisotopic (exact) mass is 269 g/mol. The van der Waals surface area contributed by atoms with Crippen molar-refractivity contribution in [3.63, 3.8) is 0 Å². The molecule has 0 radical (unpaired) electrons. The van der Waals surface area contributed by atoms with Crippen LogP contribution < -0.4 is 5.32 Å². The van der Waals surface area contributed by atoms with Gasteiger partial charge in [-0.3, -0.25) is 4.99 Å². The van der Waals surface area contributed by atoms with E-state index in [4.69, 9.17) is 4.99 Å². The van der Waals surface area contributed by atoms with Crippen molar-refractivity contribution >= 4 is 16.9 Å². The molecular weight excluding hydrogens is 242 g/mol. The number of rotatable bonds is 3. The number of hydrogen-bond donors (Lipinski definition) is 1. The summed E-state index contributed by atoms with van der Waals surface area (Å²) in [6.45, 7) is 6.78. The molecule has 2 heterocycles. The van der Waals surface area contributed by atoms with E-state index < -0.39 is 0 Å². The minimum atomic E-state index is 0.266. The van der Waals surface area contributed by atoms with Gasteiger partial charge in [0.25, 0.3) is 0 Å². The highest BCUT2D eigenvalue weighted by atomic mass is 32.2. The van der Waals surface area contributed by atoms with Crippen molar-refractivity contribution in [1.82, 2.24) is 10.2 Å². The Morgan fingerprint density at radius 2 is 2.33 bits per heavy atom. The lowest BCUT2D eigenvalue weighted by atomic mass is 9.96. The number of nitrogens with one attached hydrogen (secondary N) is 1. The van der Waals surface area contributed by atoms with Crippen molar-refractivity contribution in [2.75, 3.05) is 25.9 Å². The van der Waals surface area contributed by atoms with Gasteiger partial charge in [0.2, 0.25) is 0 Å². The lowest BCUT2D eigenvalue weighted by molar-refractivity contribution is 0.191. The number of thioether (sulfide) groups is 1. The Morgan fingerprint density at radius 1 is 1.50 bits per heavy atom. The normalized spacial score (nSPS) is 36.6. The Kier molecular flexibility index (Phi) is 4.96. The Morgan fingerprint density at radius 3 is 3.06 bits per heavy atom. The molecule has 104 valence electrons. The zero-order valence-electron chi connectivity index (χ0n) is 12.0. The maximum Gasteiger partial charge on any atom is 0.157 e. The van der Waals surface area contributed by atoms with Crippen LogP contribution in [0.15, 0.2) is 4.99 Å². The third kappa shape index (κ3) is 3.64. The summed E-state index contributed by atoms with van der Waals surface area (Å²) in [5, 5.41) is 4.80. The van der Waals surface area contributed by atoms with Gasteiger partial charge >= 0.3 is 0 Å². The molecule has 18 heavy (non-hydrogen) atoms. The van der Waals surface area contributed by atoms with Crippen LogP contribution in [0.1, 0.15) is 46.0 Å². The van der Waals surface area contributed by atoms with E-state index in [1.54, 1.807) is 0 Å². The van der Waals surface area contributed by atoms with Gasteiger partial charge < -0.3 is 10.2 Å². The summed E-state index contributed by atoms with van der Waals surface area (Å²) >= 11 is 1.89. The van der Waals surface area contributed by atoms with Gasteiger partial charge in [-0.1, -0.05) is 25.1 Å². The highest BCUT2D eigenvalue weighted by Crippen LogP contribution is 2.25. The largest absolute Gasteiger partial charge is 0.360 e. The molecule has 2 unspecified atom stereocenters. The van der Waals surface area contributed by atoms with E-state index in [-0.39, 0.29) is 5.54 Å². The molecule has 0 amide bonds. The molecule has 0 aromatic heterocycles. The van der Waals surface area contributed by atoms with Crippen LogP contribution in [0, 0.1) is 0 Å². The van der Waals surface area contributed by atoms with Crippen molar-refractivity contribution in [3.05, 3.63) is 0 Å².